The fraction of sp³-hybridized carbons (Fsp3) is 0.364. The van der Waals surface area contributed by atoms with Crippen molar-refractivity contribution >= 4 is 5.97 Å². The first kappa shape index (κ1) is 11.7. The van der Waals surface area contributed by atoms with Crippen LogP contribution >= 0.6 is 0 Å². The molecule has 0 bridgehead atoms. The maximum absolute atomic E-state index is 11.3. The zero-order valence-corrected chi connectivity index (χ0v) is 8.56. The van der Waals surface area contributed by atoms with Crippen LogP contribution in [-0.2, 0) is 16.1 Å². The smallest absolute Gasteiger partial charge is 0.323 e. The van der Waals surface area contributed by atoms with Crippen molar-refractivity contribution in [3.05, 3.63) is 35.9 Å². The van der Waals surface area contributed by atoms with Crippen LogP contribution in [0.1, 0.15) is 12.0 Å². The van der Waals surface area contributed by atoms with Gasteiger partial charge in [-0.05, 0) is 18.5 Å². The third kappa shape index (κ3) is 4.10. The van der Waals surface area contributed by atoms with Gasteiger partial charge in [0.15, 0.2) is 0 Å². The molecule has 0 aliphatic heterocycles. The van der Waals surface area contributed by atoms with Crippen molar-refractivity contribution in [3.8, 4) is 0 Å². The molecule has 0 amide bonds. The Hall–Kier alpha value is -1.39. The molecule has 4 nitrogen and oxygen atoms in total. The zero-order valence-electron chi connectivity index (χ0n) is 8.56. The van der Waals surface area contributed by atoms with Crippen LogP contribution < -0.4 is 11.5 Å². The van der Waals surface area contributed by atoms with Gasteiger partial charge in [-0.3, -0.25) is 4.79 Å². The fourth-order valence-corrected chi connectivity index (χ4v) is 1.13. The highest BCUT2D eigenvalue weighted by Gasteiger charge is 2.13. The summed E-state index contributed by atoms with van der Waals surface area (Å²) in [4.78, 5) is 11.3. The number of benzene rings is 1. The van der Waals surface area contributed by atoms with Gasteiger partial charge in [-0.2, -0.15) is 0 Å². The topological polar surface area (TPSA) is 78.3 Å². The van der Waals surface area contributed by atoms with Crippen LogP contribution in [0.2, 0.25) is 0 Å². The lowest BCUT2D eigenvalue weighted by atomic mass is 10.2. The first-order chi connectivity index (χ1) is 7.24. The molecule has 0 aromatic heterocycles. The first-order valence-corrected chi connectivity index (χ1v) is 4.90. The molecule has 1 unspecified atom stereocenters. The second-order valence-electron chi connectivity index (χ2n) is 3.28. The monoisotopic (exact) mass is 208 g/mol. The molecule has 0 fully saturated rings. The molecule has 0 radical (unpaired) electrons. The van der Waals surface area contributed by atoms with Crippen molar-refractivity contribution in [2.75, 3.05) is 6.54 Å². The average molecular weight is 208 g/mol. The fourth-order valence-electron chi connectivity index (χ4n) is 1.13. The van der Waals surface area contributed by atoms with Gasteiger partial charge < -0.3 is 16.2 Å². The number of ether oxygens (including phenoxy) is 1. The third-order valence-corrected chi connectivity index (χ3v) is 2.00. The molecular formula is C11H16N2O2. The van der Waals surface area contributed by atoms with Gasteiger partial charge in [0.25, 0.3) is 0 Å². The normalized spacial score (nSPS) is 12.1. The number of esters is 1. The summed E-state index contributed by atoms with van der Waals surface area (Å²) in [6, 6.07) is 8.86. The van der Waals surface area contributed by atoms with E-state index in [1.54, 1.807) is 0 Å². The van der Waals surface area contributed by atoms with Crippen LogP contribution in [0.4, 0.5) is 0 Å². The molecule has 0 saturated heterocycles. The predicted molar refractivity (Wildman–Crippen MR) is 57.9 cm³/mol. The van der Waals surface area contributed by atoms with E-state index >= 15 is 0 Å². The molecule has 4 N–H and O–H groups in total. The number of nitrogens with two attached hydrogens (primary N) is 2. The van der Waals surface area contributed by atoms with E-state index in [-0.39, 0.29) is 6.61 Å². The number of carbonyl (C=O) groups excluding carboxylic acids is 1. The summed E-state index contributed by atoms with van der Waals surface area (Å²) in [7, 11) is 0. The van der Waals surface area contributed by atoms with Gasteiger partial charge >= 0.3 is 5.97 Å². The second kappa shape index (κ2) is 6.16. The molecule has 0 heterocycles. The van der Waals surface area contributed by atoms with Crippen LogP contribution in [0.15, 0.2) is 30.3 Å². The summed E-state index contributed by atoms with van der Waals surface area (Å²) in [6.45, 7) is 0.652. The van der Waals surface area contributed by atoms with E-state index in [1.165, 1.54) is 0 Å². The van der Waals surface area contributed by atoms with Crippen molar-refractivity contribution in [2.45, 2.75) is 19.1 Å². The number of hydrogen-bond donors (Lipinski definition) is 2. The Morgan fingerprint density at radius 2 is 2.00 bits per heavy atom. The molecule has 0 spiro atoms. The van der Waals surface area contributed by atoms with Crippen LogP contribution in [0.5, 0.6) is 0 Å². The first-order valence-electron chi connectivity index (χ1n) is 4.90. The summed E-state index contributed by atoms with van der Waals surface area (Å²) in [5.41, 5.74) is 11.8. The third-order valence-electron chi connectivity index (χ3n) is 2.00. The number of rotatable bonds is 5. The Kier molecular flexibility index (Phi) is 4.80. The van der Waals surface area contributed by atoms with Gasteiger partial charge in [-0.15, -0.1) is 0 Å². The Bertz CT molecular complexity index is 301. The standard InChI is InChI=1S/C11H16N2O2/c12-7-6-10(13)11(14)15-8-9-4-2-1-3-5-9/h1-5,10H,6-8,12-13H2. The van der Waals surface area contributed by atoms with E-state index in [4.69, 9.17) is 16.2 Å². The van der Waals surface area contributed by atoms with E-state index in [2.05, 4.69) is 0 Å². The van der Waals surface area contributed by atoms with E-state index in [0.717, 1.165) is 5.56 Å². The largest absolute Gasteiger partial charge is 0.460 e. The van der Waals surface area contributed by atoms with Crippen LogP contribution in [0.25, 0.3) is 0 Å². The molecule has 1 atom stereocenters. The molecule has 0 aliphatic carbocycles. The van der Waals surface area contributed by atoms with Crippen LogP contribution in [0.3, 0.4) is 0 Å². The van der Waals surface area contributed by atoms with Crippen LogP contribution in [-0.4, -0.2) is 18.6 Å². The van der Waals surface area contributed by atoms with Gasteiger partial charge in [-0.25, -0.2) is 0 Å². The lowest BCUT2D eigenvalue weighted by molar-refractivity contribution is -0.146. The van der Waals surface area contributed by atoms with Crippen molar-refractivity contribution in [3.63, 3.8) is 0 Å². The highest BCUT2D eigenvalue weighted by Crippen LogP contribution is 2.01. The summed E-state index contributed by atoms with van der Waals surface area (Å²) in [5, 5.41) is 0. The number of hydrogen-bond acceptors (Lipinski definition) is 4. The van der Waals surface area contributed by atoms with Gasteiger partial charge in [0, 0.05) is 0 Å². The van der Waals surface area contributed by atoms with Crippen molar-refractivity contribution in [2.24, 2.45) is 11.5 Å². The molecule has 4 heteroatoms. The molecule has 0 saturated carbocycles. The summed E-state index contributed by atoms with van der Waals surface area (Å²) < 4.78 is 5.02. The van der Waals surface area contributed by atoms with E-state index in [0.29, 0.717) is 13.0 Å². The summed E-state index contributed by atoms with van der Waals surface area (Å²) >= 11 is 0. The molecular weight excluding hydrogens is 192 g/mol. The molecule has 1 aromatic rings. The van der Waals surface area contributed by atoms with Crippen molar-refractivity contribution in [1.82, 2.24) is 0 Å². The van der Waals surface area contributed by atoms with Gasteiger partial charge in [-0.1, -0.05) is 30.3 Å². The molecule has 1 aromatic carbocycles. The van der Waals surface area contributed by atoms with Gasteiger partial charge in [0.1, 0.15) is 12.6 Å². The molecule has 82 valence electrons. The Labute approximate surface area is 89.2 Å². The predicted octanol–water partition coefficient (Wildman–Crippen LogP) is 0.406. The second-order valence-corrected chi connectivity index (χ2v) is 3.28. The quantitative estimate of drug-likeness (QED) is 0.687. The molecule has 15 heavy (non-hydrogen) atoms. The van der Waals surface area contributed by atoms with Crippen LogP contribution in [0, 0.1) is 0 Å². The van der Waals surface area contributed by atoms with E-state index in [9.17, 15) is 4.79 Å². The average Bonchev–Trinajstić information content (AvgIpc) is 2.27. The maximum atomic E-state index is 11.3. The van der Waals surface area contributed by atoms with E-state index in [1.807, 2.05) is 30.3 Å². The summed E-state index contributed by atoms with van der Waals surface area (Å²) in [6.07, 6.45) is 0.452. The maximum Gasteiger partial charge on any atom is 0.323 e. The minimum absolute atomic E-state index is 0.262. The Morgan fingerprint density at radius 3 is 2.60 bits per heavy atom. The van der Waals surface area contributed by atoms with E-state index < -0.39 is 12.0 Å². The molecule has 0 aliphatic rings. The minimum atomic E-state index is -0.612. The van der Waals surface area contributed by atoms with Gasteiger partial charge in [0.05, 0.1) is 0 Å². The van der Waals surface area contributed by atoms with Crippen molar-refractivity contribution in [1.29, 1.82) is 0 Å². The van der Waals surface area contributed by atoms with Crippen molar-refractivity contribution < 1.29 is 9.53 Å². The zero-order chi connectivity index (χ0) is 11.1. The Balaban J connectivity index is 2.34. The lowest BCUT2D eigenvalue weighted by Gasteiger charge is -2.10. The Morgan fingerprint density at radius 1 is 1.33 bits per heavy atom. The number of carbonyl (C=O) groups is 1. The SMILES string of the molecule is NCCC(N)C(=O)OCc1ccccc1. The highest BCUT2D eigenvalue weighted by molar-refractivity contribution is 5.75. The minimum Gasteiger partial charge on any atom is -0.460 e. The molecule has 1 rings (SSSR count). The highest BCUT2D eigenvalue weighted by atomic mass is 16.5. The summed E-state index contributed by atoms with van der Waals surface area (Å²) in [5.74, 6) is -0.399. The lowest BCUT2D eigenvalue weighted by Crippen LogP contribution is -2.34. The van der Waals surface area contributed by atoms with Gasteiger partial charge in [0.2, 0.25) is 0 Å².